The molecule has 0 aromatic heterocycles. The van der Waals surface area contributed by atoms with Crippen LogP contribution in [0.15, 0.2) is 36.4 Å². The predicted molar refractivity (Wildman–Crippen MR) is 76.7 cm³/mol. The molecule has 2 aromatic carbocycles. The lowest BCUT2D eigenvalue weighted by molar-refractivity contribution is 0.620. The number of nitrogens with one attached hydrogen (secondary N) is 1. The minimum Gasteiger partial charge on any atom is -0.310 e. The number of benzene rings is 2. The molecule has 0 amide bonds. The van der Waals surface area contributed by atoms with Crippen molar-refractivity contribution in [3.8, 4) is 11.1 Å². The van der Waals surface area contributed by atoms with Crippen LogP contribution in [0.3, 0.4) is 0 Å². The first-order valence-corrected chi connectivity index (χ1v) is 6.98. The lowest BCUT2D eigenvalue weighted by Crippen LogP contribution is -2.15. The van der Waals surface area contributed by atoms with E-state index >= 15 is 0 Å². The molecule has 1 aliphatic rings. The monoisotopic (exact) mass is 293 g/mol. The van der Waals surface area contributed by atoms with Gasteiger partial charge in [0.15, 0.2) is 0 Å². The molecule has 104 valence electrons. The Hall–Kier alpha value is -1.45. The third-order valence-corrected chi connectivity index (χ3v) is 3.75. The number of halogens is 3. The zero-order chi connectivity index (χ0) is 14.1. The van der Waals surface area contributed by atoms with Crippen LogP contribution in [0, 0.1) is 11.6 Å². The highest BCUT2D eigenvalue weighted by Gasteiger charge is 2.20. The van der Waals surface area contributed by atoms with Gasteiger partial charge in [-0.15, -0.1) is 0 Å². The Balaban J connectivity index is 1.87. The van der Waals surface area contributed by atoms with E-state index in [1.54, 1.807) is 6.07 Å². The van der Waals surface area contributed by atoms with E-state index in [9.17, 15) is 8.78 Å². The van der Waals surface area contributed by atoms with E-state index < -0.39 is 5.82 Å². The maximum absolute atomic E-state index is 14.2. The largest absolute Gasteiger partial charge is 0.310 e. The van der Waals surface area contributed by atoms with Crippen molar-refractivity contribution >= 4 is 11.6 Å². The standard InChI is InChI=1S/C16H14ClF2N/c17-15-6-2-11(18)8-14(15)13-5-1-10(7-16(13)19)9-20-12-3-4-12/h1-2,5-8,12,20H,3-4,9H2. The summed E-state index contributed by atoms with van der Waals surface area (Å²) in [4.78, 5) is 0. The summed E-state index contributed by atoms with van der Waals surface area (Å²) in [7, 11) is 0. The molecule has 0 bridgehead atoms. The summed E-state index contributed by atoms with van der Waals surface area (Å²) in [6, 6.07) is 9.51. The molecule has 0 saturated heterocycles. The third kappa shape index (κ3) is 3.00. The van der Waals surface area contributed by atoms with Crippen molar-refractivity contribution in [2.45, 2.75) is 25.4 Å². The molecule has 1 N–H and O–H groups in total. The molecule has 0 radical (unpaired) electrons. The summed E-state index contributed by atoms with van der Waals surface area (Å²) in [6.07, 6.45) is 2.39. The normalized spacial score (nSPS) is 14.6. The zero-order valence-electron chi connectivity index (χ0n) is 10.8. The average Bonchev–Trinajstić information content (AvgIpc) is 3.24. The Morgan fingerprint density at radius 3 is 2.55 bits per heavy atom. The van der Waals surface area contributed by atoms with Crippen LogP contribution in [0.2, 0.25) is 5.02 Å². The fourth-order valence-electron chi connectivity index (χ4n) is 2.14. The minimum atomic E-state index is -0.428. The van der Waals surface area contributed by atoms with Crippen LogP contribution in [0.1, 0.15) is 18.4 Å². The molecule has 0 aliphatic heterocycles. The van der Waals surface area contributed by atoms with Crippen molar-refractivity contribution in [2.75, 3.05) is 0 Å². The van der Waals surface area contributed by atoms with Crippen LogP contribution in [-0.2, 0) is 6.54 Å². The van der Waals surface area contributed by atoms with E-state index in [1.807, 2.05) is 6.07 Å². The van der Waals surface area contributed by atoms with E-state index in [-0.39, 0.29) is 5.82 Å². The molecule has 0 atom stereocenters. The van der Waals surface area contributed by atoms with Gasteiger partial charge in [-0.05, 0) is 42.7 Å². The van der Waals surface area contributed by atoms with E-state index in [0.29, 0.717) is 28.7 Å². The molecular weight excluding hydrogens is 280 g/mol. The molecule has 0 unspecified atom stereocenters. The molecule has 1 nitrogen and oxygen atoms in total. The highest BCUT2D eigenvalue weighted by molar-refractivity contribution is 6.33. The second-order valence-corrected chi connectivity index (χ2v) is 5.50. The van der Waals surface area contributed by atoms with Crippen molar-refractivity contribution < 1.29 is 8.78 Å². The number of rotatable bonds is 4. The van der Waals surface area contributed by atoms with Crippen LogP contribution in [0.5, 0.6) is 0 Å². The van der Waals surface area contributed by atoms with Crippen molar-refractivity contribution in [2.24, 2.45) is 0 Å². The average molecular weight is 294 g/mol. The smallest absolute Gasteiger partial charge is 0.131 e. The SMILES string of the molecule is Fc1ccc(Cl)c(-c2ccc(CNC3CC3)cc2F)c1. The van der Waals surface area contributed by atoms with Gasteiger partial charge < -0.3 is 5.32 Å². The second kappa shape index (κ2) is 5.51. The second-order valence-electron chi connectivity index (χ2n) is 5.09. The van der Waals surface area contributed by atoms with Gasteiger partial charge in [-0.3, -0.25) is 0 Å². The fraction of sp³-hybridized carbons (Fsp3) is 0.250. The highest BCUT2D eigenvalue weighted by Crippen LogP contribution is 2.31. The Morgan fingerprint density at radius 2 is 1.85 bits per heavy atom. The van der Waals surface area contributed by atoms with Crippen LogP contribution in [-0.4, -0.2) is 6.04 Å². The Kier molecular flexibility index (Phi) is 3.72. The van der Waals surface area contributed by atoms with Crippen molar-refractivity contribution in [1.82, 2.24) is 5.32 Å². The van der Waals surface area contributed by atoms with Crippen molar-refractivity contribution in [3.63, 3.8) is 0 Å². The fourth-order valence-corrected chi connectivity index (χ4v) is 2.36. The maximum Gasteiger partial charge on any atom is 0.131 e. The Labute approximate surface area is 121 Å². The molecule has 3 rings (SSSR count). The molecule has 2 aromatic rings. The predicted octanol–water partition coefficient (Wildman–Crippen LogP) is 4.54. The Bertz CT molecular complexity index is 638. The topological polar surface area (TPSA) is 12.0 Å². The van der Waals surface area contributed by atoms with E-state index in [1.165, 1.54) is 37.1 Å². The van der Waals surface area contributed by atoms with E-state index in [4.69, 9.17) is 11.6 Å². The van der Waals surface area contributed by atoms with Crippen LogP contribution < -0.4 is 5.32 Å². The van der Waals surface area contributed by atoms with E-state index in [2.05, 4.69) is 5.32 Å². The van der Waals surface area contributed by atoms with Crippen LogP contribution >= 0.6 is 11.6 Å². The molecule has 1 saturated carbocycles. The molecule has 4 heteroatoms. The quantitative estimate of drug-likeness (QED) is 0.873. The van der Waals surface area contributed by atoms with E-state index in [0.717, 1.165) is 5.56 Å². The molecule has 0 spiro atoms. The molecule has 0 heterocycles. The summed E-state index contributed by atoms with van der Waals surface area (Å²) in [5.74, 6) is -0.809. The number of hydrogen-bond acceptors (Lipinski definition) is 1. The van der Waals surface area contributed by atoms with Gasteiger partial charge in [-0.25, -0.2) is 8.78 Å². The zero-order valence-corrected chi connectivity index (χ0v) is 11.6. The van der Waals surface area contributed by atoms with Crippen molar-refractivity contribution in [1.29, 1.82) is 0 Å². The molecule has 20 heavy (non-hydrogen) atoms. The Morgan fingerprint density at radius 1 is 1.05 bits per heavy atom. The van der Waals surface area contributed by atoms with Gasteiger partial charge in [-0.2, -0.15) is 0 Å². The summed E-state index contributed by atoms with van der Waals surface area (Å²) in [6.45, 7) is 0.652. The summed E-state index contributed by atoms with van der Waals surface area (Å²) >= 11 is 6.01. The van der Waals surface area contributed by atoms with Crippen molar-refractivity contribution in [3.05, 3.63) is 58.6 Å². The minimum absolute atomic E-state index is 0.324. The van der Waals surface area contributed by atoms with Gasteiger partial charge in [0, 0.05) is 28.7 Å². The van der Waals surface area contributed by atoms with Gasteiger partial charge in [-0.1, -0.05) is 23.7 Å². The van der Waals surface area contributed by atoms with Gasteiger partial charge in [0.05, 0.1) is 0 Å². The van der Waals surface area contributed by atoms with Gasteiger partial charge in [0.2, 0.25) is 0 Å². The molecule has 1 fully saturated rings. The summed E-state index contributed by atoms with van der Waals surface area (Å²) in [5.41, 5.74) is 1.58. The van der Waals surface area contributed by atoms with Gasteiger partial charge >= 0.3 is 0 Å². The summed E-state index contributed by atoms with van der Waals surface area (Å²) in [5, 5.41) is 3.67. The number of hydrogen-bond donors (Lipinski definition) is 1. The van der Waals surface area contributed by atoms with Gasteiger partial charge in [0.1, 0.15) is 11.6 Å². The third-order valence-electron chi connectivity index (χ3n) is 3.42. The van der Waals surface area contributed by atoms with Crippen LogP contribution in [0.25, 0.3) is 11.1 Å². The van der Waals surface area contributed by atoms with Gasteiger partial charge in [0.25, 0.3) is 0 Å². The first-order chi connectivity index (χ1) is 9.63. The maximum atomic E-state index is 14.2. The first-order valence-electron chi connectivity index (χ1n) is 6.61. The lowest BCUT2D eigenvalue weighted by Gasteiger charge is -2.09. The molecule has 1 aliphatic carbocycles. The van der Waals surface area contributed by atoms with Crippen LogP contribution in [0.4, 0.5) is 8.78 Å². The first kappa shape index (κ1) is 13.5. The molecular formula is C16H14ClF2N. The highest BCUT2D eigenvalue weighted by atomic mass is 35.5. The summed E-state index contributed by atoms with van der Waals surface area (Å²) < 4.78 is 27.4. The lowest BCUT2D eigenvalue weighted by atomic mass is 10.0.